The Bertz CT molecular complexity index is 667. The monoisotopic (exact) mass is 337 g/mol. The third kappa shape index (κ3) is 5.75. The molecule has 10 nitrogen and oxygen atoms in total. The molecule has 0 saturated heterocycles. The van der Waals surface area contributed by atoms with Gasteiger partial charge in [0.15, 0.2) is 0 Å². The Balaban J connectivity index is 2.91. The normalized spacial score (nSPS) is 11.8. The van der Waals surface area contributed by atoms with Gasteiger partial charge in [-0.15, -0.1) is 0 Å². The third-order valence-corrected chi connectivity index (χ3v) is 2.84. The first kappa shape index (κ1) is 18.6. The second-order valence-corrected chi connectivity index (χ2v) is 4.68. The van der Waals surface area contributed by atoms with Crippen molar-refractivity contribution in [3.05, 3.63) is 35.3 Å². The molecule has 1 atom stereocenters. The third-order valence-electron chi connectivity index (χ3n) is 2.84. The topological polar surface area (TPSA) is 180 Å². The molecule has 0 bridgehead atoms. The Kier molecular flexibility index (Phi) is 6.41. The number of hydrogen-bond donors (Lipinski definition) is 5. The largest absolute Gasteiger partial charge is 0.480 e. The molecule has 6 N–H and O–H groups in total. The number of aliphatic carboxylic acids is 1. The summed E-state index contributed by atoms with van der Waals surface area (Å²) in [7, 11) is 0. The number of hydrogen-bond acceptors (Lipinski definition) is 6. The van der Waals surface area contributed by atoms with Gasteiger partial charge in [0.25, 0.3) is 0 Å². The van der Waals surface area contributed by atoms with Crippen LogP contribution in [0.5, 0.6) is 0 Å². The van der Waals surface area contributed by atoms with Crippen molar-refractivity contribution in [3.63, 3.8) is 0 Å². The van der Waals surface area contributed by atoms with Crippen LogP contribution in [-0.4, -0.2) is 50.2 Å². The van der Waals surface area contributed by atoms with E-state index in [1.54, 1.807) is 0 Å². The molecule has 0 aliphatic rings. The number of rotatable bonds is 9. The lowest BCUT2D eigenvalue weighted by molar-refractivity contribution is -0.139. The second-order valence-electron chi connectivity index (χ2n) is 4.68. The van der Waals surface area contributed by atoms with E-state index in [1.165, 1.54) is 12.3 Å². The molecular formula is C14H15N3O7. The first-order chi connectivity index (χ1) is 11.2. The van der Waals surface area contributed by atoms with Crippen LogP contribution in [0.3, 0.4) is 0 Å². The number of nitrogens with zero attached hydrogens (tertiary/aromatic N) is 1. The molecule has 128 valence electrons. The summed E-state index contributed by atoms with van der Waals surface area (Å²) in [5, 5.41) is 29.3. The van der Waals surface area contributed by atoms with E-state index in [1.807, 2.05) is 0 Å². The van der Waals surface area contributed by atoms with Gasteiger partial charge < -0.3 is 26.4 Å². The highest BCUT2D eigenvalue weighted by atomic mass is 16.4. The lowest BCUT2D eigenvalue weighted by Crippen LogP contribution is -2.34. The zero-order valence-electron chi connectivity index (χ0n) is 12.3. The van der Waals surface area contributed by atoms with Crippen LogP contribution in [0.1, 0.15) is 39.4 Å². The lowest BCUT2D eigenvalue weighted by Gasteiger charge is -2.11. The van der Waals surface area contributed by atoms with Crippen molar-refractivity contribution in [1.29, 1.82) is 0 Å². The minimum atomic E-state index is -1.40. The van der Waals surface area contributed by atoms with Gasteiger partial charge in [0, 0.05) is 6.42 Å². The van der Waals surface area contributed by atoms with Gasteiger partial charge in [0.05, 0.1) is 0 Å². The number of aromatic nitrogens is 1. The second kappa shape index (κ2) is 8.27. The molecule has 1 aromatic rings. The average Bonchev–Trinajstić information content (AvgIpc) is 2.49. The molecule has 1 rings (SSSR count). The summed E-state index contributed by atoms with van der Waals surface area (Å²) in [6, 6.07) is 1.19. The quantitative estimate of drug-likeness (QED) is 0.406. The number of aromatic carboxylic acids is 2. The smallest absolute Gasteiger partial charge is 0.354 e. The molecule has 0 aromatic carbocycles. The minimum absolute atomic E-state index is 0.0356. The maximum absolute atomic E-state index is 11.0. The number of primary amides is 1. The highest BCUT2D eigenvalue weighted by molar-refractivity contribution is 5.91. The highest BCUT2D eigenvalue weighted by Crippen LogP contribution is 2.09. The molecule has 0 radical (unpaired) electrons. The number of carbonyl (C=O) groups is 4. The summed E-state index contributed by atoms with van der Waals surface area (Å²) < 4.78 is 0. The SMILES string of the molecule is NC(=O)CC[C@@H](NC=Cc1cc(C(=O)O)nc(C(=O)O)c1)C(=O)O. The highest BCUT2D eigenvalue weighted by Gasteiger charge is 2.16. The van der Waals surface area contributed by atoms with E-state index in [0.29, 0.717) is 0 Å². The first-order valence-electron chi connectivity index (χ1n) is 6.63. The number of carboxylic acids is 3. The Morgan fingerprint density at radius 3 is 2.08 bits per heavy atom. The van der Waals surface area contributed by atoms with Crippen molar-refractivity contribution in [1.82, 2.24) is 10.3 Å². The summed E-state index contributed by atoms with van der Waals surface area (Å²) >= 11 is 0. The molecule has 0 saturated carbocycles. The van der Waals surface area contributed by atoms with Crippen LogP contribution in [0.2, 0.25) is 0 Å². The van der Waals surface area contributed by atoms with Crippen LogP contribution in [0, 0.1) is 0 Å². The van der Waals surface area contributed by atoms with Gasteiger partial charge >= 0.3 is 17.9 Å². The molecule has 0 fully saturated rings. The summed E-state index contributed by atoms with van der Waals surface area (Å²) in [6.07, 6.45) is 2.35. The van der Waals surface area contributed by atoms with Gasteiger partial charge in [0.1, 0.15) is 17.4 Å². The van der Waals surface area contributed by atoms with Crippen LogP contribution in [0.25, 0.3) is 6.08 Å². The van der Waals surface area contributed by atoms with Gasteiger partial charge in [-0.1, -0.05) is 0 Å². The Labute approximate surface area is 135 Å². The number of pyridine rings is 1. The molecule has 1 aromatic heterocycles. The van der Waals surface area contributed by atoms with E-state index in [0.717, 1.165) is 12.1 Å². The Morgan fingerprint density at radius 2 is 1.67 bits per heavy atom. The van der Waals surface area contributed by atoms with Crippen molar-refractivity contribution in [2.45, 2.75) is 18.9 Å². The average molecular weight is 337 g/mol. The standard InChI is InChI=1S/C14H15N3O7/c15-11(18)2-1-8(12(19)20)16-4-3-7-5-9(13(21)22)17-10(6-7)14(23)24/h3-6,8,16H,1-2H2,(H2,15,18)(H,19,20)(H,21,22)(H,23,24)/t8-/m1/s1. The maximum atomic E-state index is 11.0. The minimum Gasteiger partial charge on any atom is -0.480 e. The fourth-order valence-corrected chi connectivity index (χ4v) is 1.69. The van der Waals surface area contributed by atoms with Gasteiger partial charge in [-0.25, -0.2) is 19.4 Å². The molecule has 0 aliphatic carbocycles. The number of nitrogens with one attached hydrogen (secondary N) is 1. The van der Waals surface area contributed by atoms with Crippen molar-refractivity contribution in [3.8, 4) is 0 Å². The molecule has 24 heavy (non-hydrogen) atoms. The van der Waals surface area contributed by atoms with Crippen molar-refractivity contribution >= 4 is 29.9 Å². The molecule has 1 heterocycles. The van der Waals surface area contributed by atoms with Crippen molar-refractivity contribution in [2.75, 3.05) is 0 Å². The van der Waals surface area contributed by atoms with Gasteiger partial charge in [0.2, 0.25) is 5.91 Å². The van der Waals surface area contributed by atoms with Crippen LogP contribution < -0.4 is 11.1 Å². The maximum Gasteiger partial charge on any atom is 0.354 e. The van der Waals surface area contributed by atoms with Crippen molar-refractivity contribution in [2.24, 2.45) is 5.73 Å². The van der Waals surface area contributed by atoms with Gasteiger partial charge in [-0.05, 0) is 36.4 Å². The fraction of sp³-hybridized carbons (Fsp3) is 0.214. The van der Waals surface area contributed by atoms with E-state index < -0.39 is 41.2 Å². The Hall–Kier alpha value is -3.43. The van der Waals surface area contributed by atoms with E-state index in [9.17, 15) is 19.2 Å². The van der Waals surface area contributed by atoms with Crippen LogP contribution >= 0.6 is 0 Å². The van der Waals surface area contributed by atoms with E-state index in [4.69, 9.17) is 21.1 Å². The van der Waals surface area contributed by atoms with Crippen molar-refractivity contribution < 1.29 is 34.5 Å². The van der Waals surface area contributed by atoms with Gasteiger partial charge in [-0.2, -0.15) is 0 Å². The van der Waals surface area contributed by atoms with E-state index in [2.05, 4.69) is 10.3 Å². The summed E-state index contributed by atoms with van der Waals surface area (Å²) in [5.41, 5.74) is 4.23. The van der Waals surface area contributed by atoms with Gasteiger partial charge in [-0.3, -0.25) is 4.79 Å². The molecule has 0 aliphatic heterocycles. The lowest BCUT2D eigenvalue weighted by atomic mass is 10.1. The number of nitrogens with two attached hydrogens (primary N) is 1. The number of carbonyl (C=O) groups excluding carboxylic acids is 1. The molecule has 1 amide bonds. The van der Waals surface area contributed by atoms with Crippen LogP contribution in [-0.2, 0) is 9.59 Å². The number of amides is 1. The predicted octanol–water partition coefficient (Wildman–Crippen LogP) is -0.243. The van der Waals surface area contributed by atoms with Crippen LogP contribution in [0.4, 0.5) is 0 Å². The zero-order valence-corrected chi connectivity index (χ0v) is 12.3. The Morgan fingerprint density at radius 1 is 1.12 bits per heavy atom. The van der Waals surface area contributed by atoms with E-state index >= 15 is 0 Å². The predicted molar refractivity (Wildman–Crippen MR) is 80.2 cm³/mol. The summed E-state index contributed by atoms with van der Waals surface area (Å²) in [6.45, 7) is 0. The summed E-state index contributed by atoms with van der Waals surface area (Å²) in [5.74, 6) is -4.64. The molecule has 10 heteroatoms. The first-order valence-corrected chi connectivity index (χ1v) is 6.63. The molecule has 0 unspecified atom stereocenters. The van der Waals surface area contributed by atoms with E-state index in [-0.39, 0.29) is 18.4 Å². The zero-order chi connectivity index (χ0) is 18.3. The molecule has 0 spiro atoms. The van der Waals surface area contributed by atoms with Crippen LogP contribution in [0.15, 0.2) is 18.3 Å². The molecular weight excluding hydrogens is 322 g/mol. The fourth-order valence-electron chi connectivity index (χ4n) is 1.69. The number of carboxylic acid groups (broad SMARTS) is 3. The summed E-state index contributed by atoms with van der Waals surface area (Å²) in [4.78, 5) is 47.0.